The largest absolute Gasteiger partial charge is 0.492 e. The Morgan fingerprint density at radius 1 is 1.08 bits per heavy atom. The molecule has 0 spiro atoms. The van der Waals surface area contributed by atoms with E-state index in [0.29, 0.717) is 24.5 Å². The average molecular weight is 531 g/mol. The number of nitrogens with one attached hydrogen (secondary N) is 4. The normalized spacial score (nSPS) is 12.6. The van der Waals surface area contributed by atoms with Crippen molar-refractivity contribution in [2.24, 2.45) is 0 Å². The summed E-state index contributed by atoms with van der Waals surface area (Å²) in [6, 6.07) is 16.2. The second-order valence-corrected chi connectivity index (χ2v) is 10.6. The van der Waals surface area contributed by atoms with Crippen molar-refractivity contribution in [3.8, 4) is 5.75 Å². The number of benzene rings is 3. The summed E-state index contributed by atoms with van der Waals surface area (Å²) >= 11 is 6.04. The Morgan fingerprint density at radius 3 is 2.53 bits per heavy atom. The van der Waals surface area contributed by atoms with Crippen molar-refractivity contribution in [1.82, 2.24) is 10.3 Å². The third-order valence-electron chi connectivity index (χ3n) is 5.45. The molecular weight excluding hydrogens is 504 g/mol. The van der Waals surface area contributed by atoms with Crippen LogP contribution in [-0.4, -0.2) is 50.4 Å². The maximum atomic E-state index is 11.5. The highest BCUT2D eigenvalue weighted by Gasteiger charge is 2.13. The van der Waals surface area contributed by atoms with Crippen LogP contribution < -0.4 is 20.1 Å². The highest BCUT2D eigenvalue weighted by atomic mass is 35.5. The summed E-state index contributed by atoms with van der Waals surface area (Å²) in [6.45, 7) is 2.60. The molecule has 1 atom stereocenters. The number of aromatic nitrogens is 1. The number of anilines is 2. The predicted molar refractivity (Wildman–Crippen MR) is 143 cm³/mol. The van der Waals surface area contributed by atoms with Gasteiger partial charge in [0, 0.05) is 48.1 Å². The Labute approximate surface area is 213 Å². The minimum atomic E-state index is -3.49. The van der Waals surface area contributed by atoms with E-state index in [1.807, 2.05) is 36.4 Å². The zero-order chi connectivity index (χ0) is 25.9. The van der Waals surface area contributed by atoms with Gasteiger partial charge in [-0.05, 0) is 42.0 Å². The van der Waals surface area contributed by atoms with Crippen LogP contribution >= 0.6 is 11.6 Å². The van der Waals surface area contributed by atoms with Gasteiger partial charge in [-0.1, -0.05) is 23.7 Å². The Hall–Kier alpha value is -3.31. The highest BCUT2D eigenvalue weighted by Crippen LogP contribution is 2.30. The molecule has 36 heavy (non-hydrogen) atoms. The van der Waals surface area contributed by atoms with Gasteiger partial charge in [-0.25, -0.2) is 8.42 Å². The van der Waals surface area contributed by atoms with Crippen LogP contribution in [0.15, 0.2) is 54.6 Å². The van der Waals surface area contributed by atoms with Crippen molar-refractivity contribution in [3.63, 3.8) is 0 Å². The van der Waals surface area contributed by atoms with E-state index in [9.17, 15) is 18.3 Å². The summed E-state index contributed by atoms with van der Waals surface area (Å²) in [4.78, 5) is 14.7. The quantitative estimate of drug-likeness (QED) is 0.197. The van der Waals surface area contributed by atoms with Crippen molar-refractivity contribution in [2.75, 3.05) is 36.0 Å². The number of carbonyl (C=O) groups is 1. The fourth-order valence-electron chi connectivity index (χ4n) is 3.89. The van der Waals surface area contributed by atoms with E-state index in [2.05, 4.69) is 20.3 Å². The summed E-state index contributed by atoms with van der Waals surface area (Å²) in [6.07, 6.45) is 0.181. The molecule has 9 nitrogen and oxygen atoms in total. The molecule has 11 heteroatoms. The van der Waals surface area contributed by atoms with Crippen LogP contribution in [0.1, 0.15) is 18.6 Å². The fourth-order valence-corrected chi connectivity index (χ4v) is 4.68. The summed E-state index contributed by atoms with van der Waals surface area (Å²) in [5.74, 6) is 0.580. The lowest BCUT2D eigenvalue weighted by atomic mass is 10.1. The number of ether oxygens (including phenoxy) is 1. The lowest BCUT2D eigenvalue weighted by Crippen LogP contribution is -2.26. The van der Waals surface area contributed by atoms with E-state index in [-0.39, 0.29) is 23.2 Å². The van der Waals surface area contributed by atoms with E-state index < -0.39 is 16.1 Å². The molecule has 4 aromatic rings. The highest BCUT2D eigenvalue weighted by molar-refractivity contribution is 7.92. The Bertz CT molecular complexity index is 1520. The number of aliphatic hydroxyl groups excluding tert-OH is 1. The topological polar surface area (TPSA) is 133 Å². The van der Waals surface area contributed by atoms with Crippen LogP contribution in [0.5, 0.6) is 5.75 Å². The molecule has 0 saturated heterocycles. The summed E-state index contributed by atoms with van der Waals surface area (Å²) in [7, 11) is -3.49. The first-order valence-electron chi connectivity index (χ1n) is 11.2. The fraction of sp³-hybridized carbons (Fsp3) is 0.240. The van der Waals surface area contributed by atoms with E-state index in [1.165, 1.54) is 19.1 Å². The van der Waals surface area contributed by atoms with E-state index >= 15 is 0 Å². The lowest BCUT2D eigenvalue weighted by molar-refractivity contribution is -0.114. The molecule has 4 rings (SSSR count). The number of H-pyrrole nitrogens is 1. The molecule has 3 aromatic carbocycles. The third-order valence-corrected chi connectivity index (χ3v) is 6.37. The number of aromatic amines is 1. The van der Waals surface area contributed by atoms with Crippen LogP contribution in [0, 0.1) is 0 Å². The van der Waals surface area contributed by atoms with Gasteiger partial charge < -0.3 is 25.5 Å². The minimum absolute atomic E-state index is 0.121. The first-order valence-corrected chi connectivity index (χ1v) is 13.5. The summed E-state index contributed by atoms with van der Waals surface area (Å²) in [5.41, 5.74) is 3.32. The van der Waals surface area contributed by atoms with Gasteiger partial charge >= 0.3 is 0 Å². The monoisotopic (exact) mass is 530 g/mol. The molecular formula is C25H27ClN4O5S. The number of hydrogen-bond donors (Lipinski definition) is 5. The Kier molecular flexibility index (Phi) is 7.70. The zero-order valence-electron chi connectivity index (χ0n) is 19.8. The molecule has 0 aliphatic carbocycles. The van der Waals surface area contributed by atoms with Crippen LogP contribution in [0.25, 0.3) is 21.8 Å². The molecule has 1 amide bonds. The third kappa shape index (κ3) is 6.46. The molecule has 1 heterocycles. The molecule has 0 aliphatic rings. The van der Waals surface area contributed by atoms with Gasteiger partial charge in [0.25, 0.3) is 0 Å². The number of fused-ring (bicyclic) bond motifs is 3. The van der Waals surface area contributed by atoms with Gasteiger partial charge in [0.15, 0.2) is 0 Å². The molecule has 5 N–H and O–H groups in total. The first-order chi connectivity index (χ1) is 17.1. The van der Waals surface area contributed by atoms with E-state index in [4.69, 9.17) is 16.3 Å². The Balaban J connectivity index is 1.31. The average Bonchev–Trinajstić information content (AvgIpc) is 3.15. The molecule has 0 aliphatic heterocycles. The van der Waals surface area contributed by atoms with Gasteiger partial charge in [0.1, 0.15) is 12.4 Å². The maximum absolute atomic E-state index is 11.5. The van der Waals surface area contributed by atoms with Crippen molar-refractivity contribution in [3.05, 3.63) is 65.2 Å². The summed E-state index contributed by atoms with van der Waals surface area (Å²) < 4.78 is 31.2. The number of halogens is 1. The SMILES string of the molecule is CC(=O)Nc1ccc2c(c1)[nH]c1cc(OCCNCC(O)c3ccc(Cl)c(NS(C)(=O)=O)c3)ccc12. The second kappa shape index (κ2) is 10.8. The first kappa shape index (κ1) is 25.8. The number of amides is 1. The van der Waals surface area contributed by atoms with Crippen LogP contribution in [0.2, 0.25) is 5.02 Å². The van der Waals surface area contributed by atoms with Gasteiger partial charge in [-0.2, -0.15) is 0 Å². The maximum Gasteiger partial charge on any atom is 0.229 e. The predicted octanol–water partition coefficient (Wildman–Crippen LogP) is 4.01. The molecule has 190 valence electrons. The van der Waals surface area contributed by atoms with Gasteiger partial charge in [0.05, 0.1) is 28.6 Å². The number of rotatable bonds is 10. The number of aliphatic hydroxyl groups is 1. The van der Waals surface area contributed by atoms with Gasteiger partial charge in [0.2, 0.25) is 15.9 Å². The second-order valence-electron chi connectivity index (χ2n) is 8.46. The minimum Gasteiger partial charge on any atom is -0.492 e. The summed E-state index contributed by atoms with van der Waals surface area (Å²) in [5, 5.41) is 18.7. The molecule has 0 bridgehead atoms. The van der Waals surface area contributed by atoms with Gasteiger partial charge in [-0.15, -0.1) is 0 Å². The molecule has 1 unspecified atom stereocenters. The standard InChI is InChI=1S/C25H27ClN4O5S/c1-15(31)28-17-4-6-19-20-7-5-18(13-23(20)29-22(19)12-17)35-10-9-27-14-25(32)16-3-8-21(26)24(11-16)30-36(2,33)34/h3-8,11-13,25,27,29-30,32H,9-10,14H2,1-2H3,(H,28,31). The van der Waals surface area contributed by atoms with Crippen molar-refractivity contribution in [2.45, 2.75) is 13.0 Å². The smallest absolute Gasteiger partial charge is 0.229 e. The van der Waals surface area contributed by atoms with Crippen LogP contribution in [0.4, 0.5) is 11.4 Å². The van der Waals surface area contributed by atoms with E-state index in [0.717, 1.165) is 33.7 Å². The zero-order valence-corrected chi connectivity index (χ0v) is 21.3. The lowest BCUT2D eigenvalue weighted by Gasteiger charge is -2.15. The van der Waals surface area contributed by atoms with Crippen molar-refractivity contribution < 1.29 is 23.1 Å². The van der Waals surface area contributed by atoms with E-state index in [1.54, 1.807) is 6.07 Å². The molecule has 1 aromatic heterocycles. The van der Waals surface area contributed by atoms with Crippen molar-refractivity contribution >= 4 is 60.7 Å². The van der Waals surface area contributed by atoms with Crippen LogP contribution in [0.3, 0.4) is 0 Å². The number of carbonyl (C=O) groups excluding carboxylic acids is 1. The molecule has 0 fully saturated rings. The molecule has 0 radical (unpaired) electrons. The Morgan fingerprint density at radius 2 is 1.81 bits per heavy atom. The van der Waals surface area contributed by atoms with Crippen molar-refractivity contribution in [1.29, 1.82) is 0 Å². The van der Waals surface area contributed by atoms with Crippen LogP contribution in [-0.2, 0) is 14.8 Å². The number of sulfonamides is 1. The number of hydrogen-bond acceptors (Lipinski definition) is 6. The van der Waals surface area contributed by atoms with Gasteiger partial charge in [-0.3, -0.25) is 9.52 Å². The molecule has 0 saturated carbocycles.